The molecule has 1 saturated heterocycles. The number of hydrogen-bond donors (Lipinski definition) is 1. The van der Waals surface area contributed by atoms with Gasteiger partial charge in [-0.25, -0.2) is 0 Å². The minimum Gasteiger partial charge on any atom is -0.329 e. The fourth-order valence-electron chi connectivity index (χ4n) is 3.95. The molecular weight excluding hydrogens is 279 g/mol. The number of halogens is 3. The molecule has 1 unspecified atom stereocenters. The van der Waals surface area contributed by atoms with Gasteiger partial charge in [-0.05, 0) is 39.2 Å². The van der Waals surface area contributed by atoms with E-state index in [1.54, 1.807) is 0 Å². The number of alkyl halides is 3. The van der Waals surface area contributed by atoms with E-state index in [1.807, 2.05) is 0 Å². The Hall–Kier alpha value is -0.330. The van der Waals surface area contributed by atoms with Crippen LogP contribution >= 0.6 is 0 Å². The van der Waals surface area contributed by atoms with Gasteiger partial charge in [-0.3, -0.25) is 4.90 Å². The third-order valence-electron chi connectivity index (χ3n) is 5.68. The van der Waals surface area contributed by atoms with Crippen molar-refractivity contribution in [1.82, 2.24) is 9.80 Å². The second-order valence-electron chi connectivity index (χ2n) is 6.73. The van der Waals surface area contributed by atoms with Gasteiger partial charge in [-0.2, -0.15) is 13.2 Å². The minimum atomic E-state index is -4.05. The van der Waals surface area contributed by atoms with Crippen molar-refractivity contribution in [3.8, 4) is 0 Å². The Morgan fingerprint density at radius 1 is 1.19 bits per heavy atom. The SMILES string of the molecule is CCC1CN(C2(CN)CCC(C(F)(F)F)CC2)CCN1C. The van der Waals surface area contributed by atoms with E-state index in [1.165, 1.54) is 0 Å². The smallest absolute Gasteiger partial charge is 0.329 e. The standard InChI is InChI=1S/C15H28F3N3/c1-3-13-10-21(9-8-20(13)2)14(11-19)6-4-12(5-7-14)15(16,17)18/h12-13H,3-11,19H2,1-2H3. The Morgan fingerprint density at radius 3 is 2.29 bits per heavy atom. The lowest BCUT2D eigenvalue weighted by molar-refractivity contribution is -0.189. The third kappa shape index (κ3) is 3.54. The minimum absolute atomic E-state index is 0.212. The number of rotatable bonds is 3. The molecule has 1 aliphatic heterocycles. The molecule has 6 heteroatoms. The zero-order valence-corrected chi connectivity index (χ0v) is 13.1. The zero-order chi connectivity index (χ0) is 15.7. The molecule has 1 saturated carbocycles. The van der Waals surface area contributed by atoms with E-state index in [9.17, 15) is 13.2 Å². The van der Waals surface area contributed by atoms with Crippen molar-refractivity contribution in [3.63, 3.8) is 0 Å². The number of nitrogens with two attached hydrogens (primary N) is 1. The van der Waals surface area contributed by atoms with Crippen molar-refractivity contribution >= 4 is 0 Å². The maximum atomic E-state index is 12.9. The van der Waals surface area contributed by atoms with E-state index in [2.05, 4.69) is 23.8 Å². The van der Waals surface area contributed by atoms with E-state index < -0.39 is 12.1 Å². The quantitative estimate of drug-likeness (QED) is 0.869. The molecule has 0 aromatic heterocycles. The maximum Gasteiger partial charge on any atom is 0.391 e. The highest BCUT2D eigenvalue weighted by molar-refractivity contribution is 4.99. The first kappa shape index (κ1) is 17.0. The van der Waals surface area contributed by atoms with Gasteiger partial charge in [-0.1, -0.05) is 6.92 Å². The van der Waals surface area contributed by atoms with E-state index in [-0.39, 0.29) is 18.4 Å². The molecule has 0 radical (unpaired) electrons. The monoisotopic (exact) mass is 307 g/mol. The zero-order valence-electron chi connectivity index (χ0n) is 13.1. The second-order valence-corrected chi connectivity index (χ2v) is 6.73. The predicted molar refractivity (Wildman–Crippen MR) is 78.1 cm³/mol. The molecule has 3 nitrogen and oxygen atoms in total. The molecule has 2 N–H and O–H groups in total. The summed E-state index contributed by atoms with van der Waals surface area (Å²) in [7, 11) is 2.13. The Bertz CT molecular complexity index is 338. The van der Waals surface area contributed by atoms with Crippen LogP contribution in [0.3, 0.4) is 0 Å². The summed E-state index contributed by atoms with van der Waals surface area (Å²) in [6.45, 7) is 5.46. The Kier molecular flexibility index (Phi) is 5.21. The summed E-state index contributed by atoms with van der Waals surface area (Å²) in [6.07, 6.45) is -1.37. The average Bonchev–Trinajstić information content (AvgIpc) is 2.46. The Morgan fingerprint density at radius 2 is 1.81 bits per heavy atom. The lowest BCUT2D eigenvalue weighted by Gasteiger charge is -2.52. The van der Waals surface area contributed by atoms with Crippen LogP contribution < -0.4 is 5.73 Å². The molecule has 2 rings (SSSR count). The molecule has 1 heterocycles. The van der Waals surface area contributed by atoms with Crippen LogP contribution in [0.5, 0.6) is 0 Å². The summed E-state index contributed by atoms with van der Waals surface area (Å²) >= 11 is 0. The highest BCUT2D eigenvalue weighted by Gasteiger charge is 2.48. The molecule has 0 bridgehead atoms. The molecule has 0 aromatic rings. The molecule has 0 spiro atoms. The van der Waals surface area contributed by atoms with Gasteiger partial charge in [0.05, 0.1) is 5.92 Å². The topological polar surface area (TPSA) is 32.5 Å². The molecule has 2 aliphatic rings. The van der Waals surface area contributed by atoms with Crippen molar-refractivity contribution in [2.24, 2.45) is 11.7 Å². The number of hydrogen-bond acceptors (Lipinski definition) is 3. The molecule has 2 fully saturated rings. The van der Waals surface area contributed by atoms with Crippen LogP contribution in [0, 0.1) is 5.92 Å². The molecule has 1 atom stereocenters. The van der Waals surface area contributed by atoms with Gasteiger partial charge in [0.25, 0.3) is 0 Å². The molecule has 124 valence electrons. The van der Waals surface area contributed by atoms with Gasteiger partial charge in [0.15, 0.2) is 0 Å². The fourth-order valence-corrected chi connectivity index (χ4v) is 3.95. The van der Waals surface area contributed by atoms with Gasteiger partial charge in [0.1, 0.15) is 0 Å². The van der Waals surface area contributed by atoms with E-state index >= 15 is 0 Å². The predicted octanol–water partition coefficient (Wildman–Crippen LogP) is 2.46. The lowest BCUT2D eigenvalue weighted by atomic mass is 9.74. The first-order chi connectivity index (χ1) is 9.82. The highest BCUT2D eigenvalue weighted by atomic mass is 19.4. The normalized spacial score (nSPS) is 36.9. The van der Waals surface area contributed by atoms with Gasteiger partial charge < -0.3 is 10.6 Å². The summed E-state index contributed by atoms with van der Waals surface area (Å²) in [5, 5.41) is 0. The number of likely N-dealkylation sites (N-methyl/N-ethyl adjacent to an activating group) is 1. The summed E-state index contributed by atoms with van der Waals surface area (Å²) in [4.78, 5) is 4.73. The van der Waals surface area contributed by atoms with Crippen molar-refractivity contribution in [2.45, 2.75) is 56.8 Å². The number of nitrogens with zero attached hydrogens (tertiary/aromatic N) is 2. The van der Waals surface area contributed by atoms with Crippen LogP contribution in [0.1, 0.15) is 39.0 Å². The van der Waals surface area contributed by atoms with Crippen LogP contribution in [-0.2, 0) is 0 Å². The van der Waals surface area contributed by atoms with Crippen LogP contribution in [0.4, 0.5) is 13.2 Å². The lowest BCUT2D eigenvalue weighted by Crippen LogP contribution is -2.63. The van der Waals surface area contributed by atoms with Gasteiger partial charge >= 0.3 is 6.18 Å². The van der Waals surface area contributed by atoms with E-state index in [0.717, 1.165) is 26.1 Å². The molecule has 0 amide bonds. The summed E-state index contributed by atoms with van der Waals surface area (Å²) in [5.41, 5.74) is 5.80. The van der Waals surface area contributed by atoms with Crippen LogP contribution in [0.2, 0.25) is 0 Å². The molecular formula is C15H28F3N3. The summed E-state index contributed by atoms with van der Waals surface area (Å²) in [6, 6.07) is 0.488. The van der Waals surface area contributed by atoms with Crippen molar-refractivity contribution in [2.75, 3.05) is 33.2 Å². The molecule has 21 heavy (non-hydrogen) atoms. The van der Waals surface area contributed by atoms with Crippen LogP contribution in [-0.4, -0.2) is 60.8 Å². The van der Waals surface area contributed by atoms with Crippen molar-refractivity contribution < 1.29 is 13.2 Å². The maximum absolute atomic E-state index is 12.9. The van der Waals surface area contributed by atoms with Gasteiger partial charge in [0.2, 0.25) is 0 Å². The first-order valence-corrected chi connectivity index (χ1v) is 8.04. The van der Waals surface area contributed by atoms with Gasteiger partial charge in [-0.15, -0.1) is 0 Å². The Balaban J connectivity index is 2.03. The summed E-state index contributed by atoms with van der Waals surface area (Å²) in [5.74, 6) is -1.13. The van der Waals surface area contributed by atoms with E-state index in [0.29, 0.717) is 25.4 Å². The number of piperazine rings is 1. The van der Waals surface area contributed by atoms with Gasteiger partial charge in [0, 0.05) is 37.8 Å². The highest BCUT2D eigenvalue weighted by Crippen LogP contribution is 2.43. The fraction of sp³-hybridized carbons (Fsp3) is 1.00. The molecule has 0 aromatic carbocycles. The molecule has 1 aliphatic carbocycles. The van der Waals surface area contributed by atoms with E-state index in [4.69, 9.17) is 5.73 Å². The van der Waals surface area contributed by atoms with Crippen LogP contribution in [0.25, 0.3) is 0 Å². The largest absolute Gasteiger partial charge is 0.391 e. The first-order valence-electron chi connectivity index (χ1n) is 8.04. The third-order valence-corrected chi connectivity index (χ3v) is 5.68. The van der Waals surface area contributed by atoms with Crippen molar-refractivity contribution in [3.05, 3.63) is 0 Å². The Labute approximate surface area is 125 Å². The summed E-state index contributed by atoms with van der Waals surface area (Å²) < 4.78 is 38.6. The van der Waals surface area contributed by atoms with Crippen LogP contribution in [0.15, 0.2) is 0 Å². The second kappa shape index (κ2) is 6.42. The van der Waals surface area contributed by atoms with Crippen molar-refractivity contribution in [1.29, 1.82) is 0 Å². The average molecular weight is 307 g/mol.